The minimum atomic E-state index is -0.565. The van der Waals surface area contributed by atoms with E-state index in [0.29, 0.717) is 25.6 Å². The molecule has 1 saturated heterocycles. The SMILES string of the molecule is COc1cccc(C(C)C2CCN(C(=O)C(=O)NCc3cn[nH]c3C)C2)c1. The Morgan fingerprint density at radius 1 is 1.44 bits per heavy atom. The summed E-state index contributed by atoms with van der Waals surface area (Å²) in [7, 11) is 1.66. The van der Waals surface area contributed by atoms with Gasteiger partial charge < -0.3 is 15.0 Å². The van der Waals surface area contributed by atoms with Crippen LogP contribution in [-0.2, 0) is 16.1 Å². The van der Waals surface area contributed by atoms with E-state index in [9.17, 15) is 9.59 Å². The number of aryl methyl sites for hydroxylation is 1. The molecule has 0 radical (unpaired) electrons. The standard InChI is InChI=1S/C20H26N4O3/c1-13(15-5-4-6-18(9-15)27-3)16-7-8-24(12-16)20(26)19(25)21-10-17-11-22-23-14(17)2/h4-6,9,11,13,16H,7-8,10,12H2,1-3H3,(H,21,25)(H,22,23). The second-order valence-corrected chi connectivity index (χ2v) is 7.07. The number of aromatic amines is 1. The molecule has 1 aliphatic rings. The number of nitrogens with zero attached hydrogens (tertiary/aromatic N) is 2. The van der Waals surface area contributed by atoms with Gasteiger partial charge in [-0.05, 0) is 42.9 Å². The van der Waals surface area contributed by atoms with Crippen molar-refractivity contribution in [1.82, 2.24) is 20.4 Å². The molecule has 0 saturated carbocycles. The van der Waals surface area contributed by atoms with Crippen LogP contribution in [0.25, 0.3) is 0 Å². The molecule has 0 spiro atoms. The van der Waals surface area contributed by atoms with Crippen LogP contribution in [0.4, 0.5) is 0 Å². The Kier molecular flexibility index (Phi) is 5.78. The Balaban J connectivity index is 1.55. The number of H-pyrrole nitrogens is 1. The van der Waals surface area contributed by atoms with Gasteiger partial charge in [0.15, 0.2) is 0 Å². The lowest BCUT2D eigenvalue weighted by atomic mass is 9.87. The Labute approximate surface area is 159 Å². The van der Waals surface area contributed by atoms with Crippen LogP contribution in [0.3, 0.4) is 0 Å². The van der Waals surface area contributed by atoms with Crippen LogP contribution in [0, 0.1) is 12.8 Å². The van der Waals surface area contributed by atoms with E-state index >= 15 is 0 Å². The number of nitrogens with one attached hydrogen (secondary N) is 2. The molecule has 1 aliphatic heterocycles. The highest BCUT2D eigenvalue weighted by Gasteiger charge is 2.33. The number of amides is 2. The zero-order valence-electron chi connectivity index (χ0n) is 16.0. The van der Waals surface area contributed by atoms with Crippen LogP contribution in [0.2, 0.25) is 0 Å². The Morgan fingerprint density at radius 2 is 2.26 bits per heavy atom. The maximum atomic E-state index is 12.5. The molecule has 2 N–H and O–H groups in total. The second-order valence-electron chi connectivity index (χ2n) is 7.07. The van der Waals surface area contributed by atoms with Crippen molar-refractivity contribution in [2.24, 2.45) is 5.92 Å². The first-order chi connectivity index (χ1) is 13.0. The highest BCUT2D eigenvalue weighted by Crippen LogP contribution is 2.33. The normalized spacial score (nSPS) is 17.6. The third kappa shape index (κ3) is 4.30. The van der Waals surface area contributed by atoms with Crippen molar-refractivity contribution in [1.29, 1.82) is 0 Å². The predicted molar refractivity (Wildman–Crippen MR) is 101 cm³/mol. The summed E-state index contributed by atoms with van der Waals surface area (Å²) in [5.41, 5.74) is 2.95. The van der Waals surface area contributed by atoms with Crippen molar-refractivity contribution >= 4 is 11.8 Å². The highest BCUT2D eigenvalue weighted by molar-refractivity contribution is 6.35. The van der Waals surface area contributed by atoms with Crippen LogP contribution in [-0.4, -0.2) is 47.1 Å². The van der Waals surface area contributed by atoms with Crippen molar-refractivity contribution < 1.29 is 14.3 Å². The van der Waals surface area contributed by atoms with E-state index in [2.05, 4.69) is 28.5 Å². The van der Waals surface area contributed by atoms with Crippen LogP contribution in [0.5, 0.6) is 5.75 Å². The third-order valence-electron chi connectivity index (χ3n) is 5.41. The van der Waals surface area contributed by atoms with Gasteiger partial charge in [-0.15, -0.1) is 0 Å². The molecule has 1 aromatic heterocycles. The largest absolute Gasteiger partial charge is 0.497 e. The average Bonchev–Trinajstić information content (AvgIpc) is 3.34. The van der Waals surface area contributed by atoms with Crippen molar-refractivity contribution in [3.05, 3.63) is 47.3 Å². The molecular formula is C20H26N4O3. The van der Waals surface area contributed by atoms with E-state index in [1.54, 1.807) is 18.2 Å². The molecule has 1 fully saturated rings. The number of hydrogen-bond donors (Lipinski definition) is 2. The predicted octanol–water partition coefficient (Wildman–Crippen LogP) is 2.00. The molecule has 0 bridgehead atoms. The third-order valence-corrected chi connectivity index (χ3v) is 5.41. The Morgan fingerprint density at radius 3 is 2.96 bits per heavy atom. The first-order valence-electron chi connectivity index (χ1n) is 9.19. The molecule has 144 valence electrons. The maximum Gasteiger partial charge on any atom is 0.311 e. The first-order valence-corrected chi connectivity index (χ1v) is 9.19. The van der Waals surface area contributed by atoms with Crippen LogP contribution in [0.15, 0.2) is 30.5 Å². The monoisotopic (exact) mass is 370 g/mol. The maximum absolute atomic E-state index is 12.5. The number of benzene rings is 1. The smallest absolute Gasteiger partial charge is 0.311 e. The molecule has 0 aliphatic carbocycles. The lowest BCUT2D eigenvalue weighted by Crippen LogP contribution is -2.41. The van der Waals surface area contributed by atoms with E-state index in [-0.39, 0.29) is 5.92 Å². The zero-order valence-corrected chi connectivity index (χ0v) is 16.0. The van der Waals surface area contributed by atoms with Gasteiger partial charge in [-0.25, -0.2) is 0 Å². The highest BCUT2D eigenvalue weighted by atomic mass is 16.5. The van der Waals surface area contributed by atoms with Crippen LogP contribution >= 0.6 is 0 Å². The summed E-state index contributed by atoms with van der Waals surface area (Å²) >= 11 is 0. The fourth-order valence-corrected chi connectivity index (χ4v) is 3.53. The lowest BCUT2D eigenvalue weighted by Gasteiger charge is -2.21. The Hall–Kier alpha value is -2.83. The lowest BCUT2D eigenvalue weighted by molar-refractivity contribution is -0.145. The summed E-state index contributed by atoms with van der Waals surface area (Å²) in [4.78, 5) is 26.3. The zero-order chi connectivity index (χ0) is 19.4. The van der Waals surface area contributed by atoms with Crippen molar-refractivity contribution in [3.8, 4) is 5.75 Å². The van der Waals surface area contributed by atoms with Gasteiger partial charge in [-0.3, -0.25) is 14.7 Å². The molecule has 27 heavy (non-hydrogen) atoms. The van der Waals surface area contributed by atoms with Gasteiger partial charge in [0, 0.05) is 30.9 Å². The second kappa shape index (κ2) is 8.24. The van der Waals surface area contributed by atoms with E-state index < -0.39 is 11.8 Å². The van der Waals surface area contributed by atoms with Crippen molar-refractivity contribution in [3.63, 3.8) is 0 Å². The van der Waals surface area contributed by atoms with Gasteiger partial charge in [0.1, 0.15) is 5.75 Å². The molecule has 3 rings (SSSR count). The van der Waals surface area contributed by atoms with Gasteiger partial charge in [0.05, 0.1) is 13.3 Å². The molecule has 7 nitrogen and oxygen atoms in total. The van der Waals surface area contributed by atoms with E-state index in [0.717, 1.165) is 23.4 Å². The molecule has 1 aromatic carbocycles. The summed E-state index contributed by atoms with van der Waals surface area (Å²) in [5, 5.41) is 9.41. The van der Waals surface area contributed by atoms with Gasteiger partial charge in [0.2, 0.25) is 0 Å². The quantitative estimate of drug-likeness (QED) is 0.788. The van der Waals surface area contributed by atoms with Crippen molar-refractivity contribution in [2.45, 2.75) is 32.7 Å². The number of carbonyl (C=O) groups is 2. The first kappa shape index (κ1) is 18.9. The Bertz CT molecular complexity index is 817. The van der Waals surface area contributed by atoms with Gasteiger partial charge in [-0.1, -0.05) is 19.1 Å². The molecule has 2 atom stereocenters. The number of aromatic nitrogens is 2. The average molecular weight is 370 g/mol. The summed E-state index contributed by atoms with van der Waals surface area (Å²) in [6.07, 6.45) is 2.54. The topological polar surface area (TPSA) is 87.3 Å². The fraction of sp³-hybridized carbons (Fsp3) is 0.450. The molecule has 2 unspecified atom stereocenters. The molecule has 2 heterocycles. The minimum absolute atomic E-state index is 0.287. The molecule has 2 aromatic rings. The number of rotatable bonds is 5. The van der Waals surface area contributed by atoms with E-state index in [1.807, 2.05) is 25.1 Å². The minimum Gasteiger partial charge on any atom is -0.497 e. The van der Waals surface area contributed by atoms with E-state index in [1.165, 1.54) is 5.56 Å². The molecular weight excluding hydrogens is 344 g/mol. The van der Waals surface area contributed by atoms with Gasteiger partial charge in [0.25, 0.3) is 0 Å². The number of ether oxygens (including phenoxy) is 1. The van der Waals surface area contributed by atoms with Crippen molar-refractivity contribution in [2.75, 3.05) is 20.2 Å². The number of methoxy groups -OCH3 is 1. The summed E-state index contributed by atoms with van der Waals surface area (Å²) in [5.74, 6) is 0.417. The molecule has 2 amide bonds. The fourth-order valence-electron chi connectivity index (χ4n) is 3.53. The summed E-state index contributed by atoms with van der Waals surface area (Å²) in [6, 6.07) is 8.02. The van der Waals surface area contributed by atoms with Gasteiger partial charge >= 0.3 is 11.8 Å². The number of hydrogen-bond acceptors (Lipinski definition) is 4. The van der Waals surface area contributed by atoms with Crippen LogP contribution in [0.1, 0.15) is 36.1 Å². The molecule has 7 heteroatoms. The van der Waals surface area contributed by atoms with E-state index in [4.69, 9.17) is 4.74 Å². The summed E-state index contributed by atoms with van der Waals surface area (Å²) in [6.45, 7) is 5.53. The van der Waals surface area contributed by atoms with Gasteiger partial charge in [-0.2, -0.15) is 5.10 Å². The number of carbonyl (C=O) groups excluding carboxylic acids is 2. The number of likely N-dealkylation sites (tertiary alicyclic amines) is 1. The van der Waals surface area contributed by atoms with Crippen LogP contribution < -0.4 is 10.1 Å². The summed E-state index contributed by atoms with van der Waals surface area (Å²) < 4.78 is 5.30.